The molecule has 0 amide bonds. The van der Waals surface area contributed by atoms with Gasteiger partial charge >= 0.3 is 0 Å². The van der Waals surface area contributed by atoms with Crippen molar-refractivity contribution in [2.24, 2.45) is 0 Å². The van der Waals surface area contributed by atoms with E-state index < -0.39 is 0 Å². The van der Waals surface area contributed by atoms with E-state index in [-0.39, 0.29) is 62.2 Å². The molecule has 0 radical (unpaired) electrons. The average molecular weight is 393 g/mol. The zero-order valence-corrected chi connectivity index (χ0v) is 13.2. The first-order chi connectivity index (χ1) is 8.99. The summed E-state index contributed by atoms with van der Waals surface area (Å²) in [6.07, 6.45) is 3.52. The molecule has 1 saturated heterocycles. The van der Waals surface area contributed by atoms with Gasteiger partial charge in [0.2, 0.25) is 0 Å². The summed E-state index contributed by atoms with van der Waals surface area (Å²) in [7, 11) is 0. The van der Waals surface area contributed by atoms with E-state index in [4.69, 9.17) is 24.5 Å². The zero-order valence-electron chi connectivity index (χ0n) is 13.2. The molecule has 1 aliphatic heterocycles. The number of hydrogen-bond acceptors (Lipinski definition) is 5. The van der Waals surface area contributed by atoms with Crippen LogP contribution in [-0.2, 0) is 14.3 Å². The van der Waals surface area contributed by atoms with Gasteiger partial charge in [0.1, 0.15) is 13.6 Å². The highest BCUT2D eigenvalue weighted by atomic mass is 16.7. The Morgan fingerprint density at radius 3 is 1.62 bits per heavy atom. The highest BCUT2D eigenvalue weighted by Gasteiger charge is 2.17. The van der Waals surface area contributed by atoms with Crippen LogP contribution in [0.5, 0.6) is 0 Å². The minimum atomic E-state index is -0.370. The van der Waals surface area contributed by atoms with E-state index >= 15 is 0 Å². The van der Waals surface area contributed by atoms with Crippen molar-refractivity contribution >= 4 is 6.79 Å². The van der Waals surface area contributed by atoms with Gasteiger partial charge in [0, 0.05) is 0 Å². The van der Waals surface area contributed by atoms with Crippen LogP contribution in [0.4, 0.5) is 0 Å². The van der Waals surface area contributed by atoms with Crippen LogP contribution < -0.4 is 0 Å². The maximum Gasteiger partial charge on any atom is 0.147 e. The Balaban J connectivity index is -0.0000000233. The quantitative estimate of drug-likeness (QED) is 0.708. The first-order valence-corrected chi connectivity index (χ1v) is 6.87. The van der Waals surface area contributed by atoms with Gasteiger partial charge in [-0.2, -0.15) is 0 Å². The molecule has 26 heavy (non-hydrogen) atoms. The summed E-state index contributed by atoms with van der Waals surface area (Å²) in [5, 5.41) is 17.6. The molecule has 4 unspecified atom stereocenters. The van der Waals surface area contributed by atoms with E-state index in [2.05, 4.69) is 13.8 Å². The molecular formula is C20H56O6. The van der Waals surface area contributed by atoms with Gasteiger partial charge in [-0.1, -0.05) is 58.4 Å². The first-order valence-electron chi connectivity index (χ1n) is 6.87. The lowest BCUT2D eigenvalue weighted by Gasteiger charge is -2.26. The highest BCUT2D eigenvalue weighted by Crippen LogP contribution is 2.14. The van der Waals surface area contributed by atoms with E-state index in [9.17, 15) is 0 Å². The van der Waals surface area contributed by atoms with Gasteiger partial charge in [0.15, 0.2) is 0 Å². The van der Waals surface area contributed by atoms with Crippen molar-refractivity contribution < 1.29 is 30.0 Å². The fourth-order valence-electron chi connectivity index (χ4n) is 1.60. The Morgan fingerprint density at radius 1 is 1.00 bits per heavy atom. The van der Waals surface area contributed by atoms with Crippen LogP contribution in [-0.4, -0.2) is 53.7 Å². The molecule has 0 saturated carbocycles. The van der Waals surface area contributed by atoms with Crippen molar-refractivity contribution in [3.05, 3.63) is 0 Å². The van der Waals surface area contributed by atoms with Gasteiger partial charge < -0.3 is 30.0 Å². The summed E-state index contributed by atoms with van der Waals surface area (Å²) in [5.41, 5.74) is 0. The van der Waals surface area contributed by atoms with Crippen LogP contribution in [0.2, 0.25) is 0 Å². The minimum absolute atomic E-state index is 0. The molecule has 0 aromatic rings. The second-order valence-electron chi connectivity index (χ2n) is 4.67. The Labute approximate surface area is 166 Å². The molecule has 0 aliphatic carbocycles. The van der Waals surface area contributed by atoms with Crippen molar-refractivity contribution in [1.82, 2.24) is 0 Å². The van der Waals surface area contributed by atoms with Gasteiger partial charge in [0.05, 0.1) is 24.4 Å². The second kappa shape index (κ2) is 39.5. The predicted molar refractivity (Wildman–Crippen MR) is 119 cm³/mol. The molecule has 0 bridgehead atoms. The van der Waals surface area contributed by atoms with Gasteiger partial charge in [-0.25, -0.2) is 0 Å². The van der Waals surface area contributed by atoms with Crippen LogP contribution in [0, 0.1) is 0 Å². The van der Waals surface area contributed by atoms with Crippen molar-refractivity contribution in [3.8, 4) is 0 Å². The lowest BCUT2D eigenvalue weighted by Crippen LogP contribution is -2.28. The topological polar surface area (TPSA) is 107 Å². The predicted octanol–water partition coefficient (Wildman–Crippen LogP) is 4.88. The first kappa shape index (κ1) is 56.2. The van der Waals surface area contributed by atoms with Crippen LogP contribution in [0.3, 0.4) is 0 Å². The summed E-state index contributed by atoms with van der Waals surface area (Å²) in [6, 6.07) is 0. The van der Waals surface area contributed by atoms with Gasteiger partial charge in [-0.3, -0.25) is 0 Å². The summed E-state index contributed by atoms with van der Waals surface area (Å²) in [5.74, 6) is 0. The number of rotatable bonds is 4. The molecule has 1 fully saturated rings. The molecule has 1 heterocycles. The Hall–Kier alpha value is -0.530. The fourth-order valence-corrected chi connectivity index (χ4v) is 1.60. The number of hydrogen-bond donors (Lipinski definition) is 2. The maximum absolute atomic E-state index is 8.87. The number of carbonyl (C=O) groups excluding carboxylic acids is 1. The third-order valence-corrected chi connectivity index (χ3v) is 2.79. The molecule has 0 aromatic heterocycles. The van der Waals surface area contributed by atoms with E-state index in [0.717, 1.165) is 19.3 Å². The van der Waals surface area contributed by atoms with E-state index in [1.54, 1.807) is 6.92 Å². The van der Waals surface area contributed by atoms with E-state index in [1.807, 2.05) is 13.7 Å². The maximum atomic E-state index is 8.87. The Kier molecular flexibility index (Phi) is 85.4. The fraction of sp³-hybridized carbons (Fsp3) is 0.950. The summed E-state index contributed by atoms with van der Waals surface area (Å²) >= 11 is 0. The number of carbonyl (C=O) groups is 1. The SMILES string of the molecule is C.C.C.C.C.C.C=O.CCC(O)CC(C)O.CCC1CC(C)OCO1.O. The van der Waals surface area contributed by atoms with E-state index in [0.29, 0.717) is 25.4 Å². The van der Waals surface area contributed by atoms with E-state index in [1.165, 1.54) is 0 Å². The molecule has 172 valence electrons. The highest BCUT2D eigenvalue weighted by molar-refractivity contribution is 5.10. The molecule has 0 aromatic carbocycles. The molecule has 6 heteroatoms. The number of aliphatic hydroxyl groups excluding tert-OH is 2. The summed E-state index contributed by atoms with van der Waals surface area (Å²) < 4.78 is 10.5. The third-order valence-electron chi connectivity index (χ3n) is 2.79. The molecule has 4 N–H and O–H groups in total. The van der Waals surface area contributed by atoms with Crippen molar-refractivity contribution in [1.29, 1.82) is 0 Å². The molecule has 6 nitrogen and oxygen atoms in total. The molecule has 1 aliphatic rings. The smallest absolute Gasteiger partial charge is 0.147 e. The Morgan fingerprint density at radius 2 is 1.42 bits per heavy atom. The van der Waals surface area contributed by atoms with Crippen molar-refractivity contribution in [3.63, 3.8) is 0 Å². The summed E-state index contributed by atoms with van der Waals surface area (Å²) in [4.78, 5) is 8.00. The van der Waals surface area contributed by atoms with Gasteiger partial charge in [-0.15, -0.1) is 0 Å². The zero-order chi connectivity index (χ0) is 15.3. The van der Waals surface area contributed by atoms with Crippen molar-refractivity contribution in [2.75, 3.05) is 6.79 Å². The number of aliphatic hydroxyl groups is 2. The van der Waals surface area contributed by atoms with Gasteiger partial charge in [-0.05, 0) is 39.5 Å². The molecular weight excluding hydrogens is 336 g/mol. The monoisotopic (exact) mass is 392 g/mol. The molecule has 4 atom stereocenters. The van der Waals surface area contributed by atoms with Crippen LogP contribution >= 0.6 is 0 Å². The van der Waals surface area contributed by atoms with Crippen molar-refractivity contribution in [2.45, 2.75) is 122 Å². The van der Waals surface area contributed by atoms with Crippen LogP contribution in [0.25, 0.3) is 0 Å². The normalized spacial score (nSPS) is 18.4. The lowest BCUT2D eigenvalue weighted by molar-refractivity contribution is -0.170. The minimum Gasteiger partial charge on any atom is -0.412 e. The third kappa shape index (κ3) is 38.8. The van der Waals surface area contributed by atoms with Gasteiger partial charge in [0.25, 0.3) is 0 Å². The summed E-state index contributed by atoms with van der Waals surface area (Å²) in [6.45, 7) is 10.3. The standard InChI is InChI=1S/C7H14O2.C6H14O2.CH2O.6CH4.H2O/c1-3-7-4-6(2)8-5-9-7;1-3-6(8)4-5(2)7;1-2;;;;;;;/h6-7H,3-5H2,1-2H3;5-8H,3-4H2,1-2H3;1H2;6*1H4;1H2. The number of ether oxygens (including phenoxy) is 2. The largest absolute Gasteiger partial charge is 0.412 e. The second-order valence-corrected chi connectivity index (χ2v) is 4.67. The molecule has 0 spiro atoms. The van der Waals surface area contributed by atoms with Crippen LogP contribution in [0.1, 0.15) is 97.9 Å². The average Bonchev–Trinajstić information content (AvgIpc) is 2.41. The lowest BCUT2D eigenvalue weighted by atomic mass is 10.1. The Bertz CT molecular complexity index is 191. The molecule has 1 rings (SSSR count). The van der Waals surface area contributed by atoms with Crippen LogP contribution in [0.15, 0.2) is 0 Å².